The summed E-state index contributed by atoms with van der Waals surface area (Å²) in [6, 6.07) is 0. The summed E-state index contributed by atoms with van der Waals surface area (Å²) in [7, 11) is 0. The first kappa shape index (κ1) is 8.18. The minimum Gasteiger partial charge on any atom is -0.378 e. The molecule has 12 heavy (non-hydrogen) atoms. The van der Waals surface area contributed by atoms with Crippen molar-refractivity contribution in [1.29, 1.82) is 0 Å². The standard InChI is InChI=1S/C5H6N4O3/c1-3(10)12-8-4(6)5-7-2-11-9-5/h2H,1H3,(H2,6,8). The van der Waals surface area contributed by atoms with Crippen LogP contribution in [0.1, 0.15) is 12.7 Å². The summed E-state index contributed by atoms with van der Waals surface area (Å²) in [6.07, 6.45) is 1.09. The Morgan fingerprint density at radius 2 is 2.58 bits per heavy atom. The van der Waals surface area contributed by atoms with Crippen LogP contribution in [0, 0.1) is 0 Å². The van der Waals surface area contributed by atoms with Crippen LogP contribution in [-0.2, 0) is 9.63 Å². The van der Waals surface area contributed by atoms with Gasteiger partial charge in [-0.25, -0.2) is 4.79 Å². The third-order valence-electron chi connectivity index (χ3n) is 0.863. The molecule has 1 aromatic heterocycles. The SMILES string of the molecule is CC(=O)ON=C(N)c1ncon1. The van der Waals surface area contributed by atoms with Gasteiger partial charge in [-0.1, -0.05) is 10.3 Å². The molecule has 0 bridgehead atoms. The monoisotopic (exact) mass is 170 g/mol. The molecule has 0 saturated carbocycles. The van der Waals surface area contributed by atoms with Gasteiger partial charge in [-0.3, -0.25) is 0 Å². The Kier molecular flexibility index (Phi) is 2.36. The first-order chi connectivity index (χ1) is 5.70. The third kappa shape index (κ3) is 2.04. The second-order valence-electron chi connectivity index (χ2n) is 1.81. The van der Waals surface area contributed by atoms with Crippen molar-refractivity contribution in [2.45, 2.75) is 6.92 Å². The Bertz CT molecular complexity index is 292. The van der Waals surface area contributed by atoms with E-state index in [0.717, 1.165) is 6.39 Å². The molecule has 0 aliphatic heterocycles. The lowest BCUT2D eigenvalue weighted by Crippen LogP contribution is -2.16. The van der Waals surface area contributed by atoms with Crippen LogP contribution in [0.3, 0.4) is 0 Å². The Labute approximate surface area is 67.2 Å². The molecule has 2 N–H and O–H groups in total. The maximum atomic E-state index is 10.3. The summed E-state index contributed by atoms with van der Waals surface area (Å²) in [4.78, 5) is 18.1. The van der Waals surface area contributed by atoms with Crippen molar-refractivity contribution in [3.63, 3.8) is 0 Å². The van der Waals surface area contributed by atoms with Crippen LogP contribution in [-0.4, -0.2) is 21.9 Å². The molecule has 1 heterocycles. The predicted octanol–water partition coefficient (Wildman–Crippen LogP) is -0.747. The molecule has 0 radical (unpaired) electrons. The van der Waals surface area contributed by atoms with Crippen LogP contribution in [0.15, 0.2) is 16.1 Å². The van der Waals surface area contributed by atoms with E-state index in [0.29, 0.717) is 0 Å². The molecule has 0 amide bonds. The van der Waals surface area contributed by atoms with Gasteiger partial charge in [0.25, 0.3) is 0 Å². The van der Waals surface area contributed by atoms with E-state index in [1.165, 1.54) is 6.92 Å². The van der Waals surface area contributed by atoms with Gasteiger partial charge in [-0.2, -0.15) is 4.98 Å². The molecule has 0 aromatic carbocycles. The van der Waals surface area contributed by atoms with Gasteiger partial charge in [-0.15, -0.1) is 0 Å². The van der Waals surface area contributed by atoms with Gasteiger partial charge in [0.1, 0.15) is 0 Å². The molecular weight excluding hydrogens is 164 g/mol. The molecule has 0 aliphatic carbocycles. The number of oxime groups is 1. The molecule has 0 saturated heterocycles. The van der Waals surface area contributed by atoms with Crippen LogP contribution in [0.4, 0.5) is 0 Å². The van der Waals surface area contributed by atoms with Gasteiger partial charge in [0.15, 0.2) is 0 Å². The molecule has 0 atom stereocenters. The number of aromatic nitrogens is 2. The van der Waals surface area contributed by atoms with Crippen LogP contribution in [0.5, 0.6) is 0 Å². The van der Waals surface area contributed by atoms with Crippen molar-refractivity contribution in [3.05, 3.63) is 12.2 Å². The predicted molar refractivity (Wildman–Crippen MR) is 36.8 cm³/mol. The Morgan fingerprint density at radius 3 is 3.08 bits per heavy atom. The highest BCUT2D eigenvalue weighted by atomic mass is 16.7. The number of amidine groups is 1. The molecule has 7 heteroatoms. The maximum absolute atomic E-state index is 10.3. The third-order valence-corrected chi connectivity index (χ3v) is 0.863. The van der Waals surface area contributed by atoms with E-state index >= 15 is 0 Å². The summed E-state index contributed by atoms with van der Waals surface area (Å²) in [6.45, 7) is 1.20. The maximum Gasteiger partial charge on any atom is 0.332 e. The number of carbonyl (C=O) groups excluding carboxylic acids is 1. The number of carbonyl (C=O) groups is 1. The Balaban J connectivity index is 2.65. The first-order valence-electron chi connectivity index (χ1n) is 2.98. The molecule has 1 aromatic rings. The van der Waals surface area contributed by atoms with Crippen LogP contribution in [0.25, 0.3) is 0 Å². The second kappa shape index (κ2) is 3.46. The number of nitrogens with two attached hydrogens (primary N) is 1. The van der Waals surface area contributed by atoms with Gasteiger partial charge in [0, 0.05) is 6.92 Å². The van der Waals surface area contributed by atoms with Gasteiger partial charge < -0.3 is 15.1 Å². The fraction of sp³-hybridized carbons (Fsp3) is 0.200. The highest BCUT2D eigenvalue weighted by Gasteiger charge is 2.04. The summed E-state index contributed by atoms with van der Waals surface area (Å²) < 4.78 is 4.38. The normalized spacial score (nSPS) is 11.2. The van der Waals surface area contributed by atoms with Gasteiger partial charge >= 0.3 is 5.97 Å². The van der Waals surface area contributed by atoms with E-state index in [1.807, 2.05) is 0 Å². The molecular formula is C5H6N4O3. The Hall–Kier alpha value is -1.92. The molecule has 0 unspecified atom stereocenters. The first-order valence-corrected chi connectivity index (χ1v) is 2.98. The Morgan fingerprint density at radius 1 is 1.83 bits per heavy atom. The molecule has 7 nitrogen and oxygen atoms in total. The van der Waals surface area contributed by atoms with Gasteiger partial charge in [0.05, 0.1) is 0 Å². The minimum absolute atomic E-state index is 0.0799. The van der Waals surface area contributed by atoms with Gasteiger partial charge in [0.2, 0.25) is 18.1 Å². The molecule has 64 valence electrons. The van der Waals surface area contributed by atoms with Crippen LogP contribution >= 0.6 is 0 Å². The summed E-state index contributed by atoms with van der Waals surface area (Å²) in [5.74, 6) is -0.600. The average molecular weight is 170 g/mol. The fourth-order valence-corrected chi connectivity index (χ4v) is 0.438. The molecule has 0 aliphatic rings. The number of hydrogen-bond acceptors (Lipinski definition) is 6. The van der Waals surface area contributed by atoms with E-state index in [4.69, 9.17) is 5.73 Å². The zero-order valence-corrected chi connectivity index (χ0v) is 6.22. The van der Waals surface area contributed by atoms with Crippen molar-refractivity contribution in [1.82, 2.24) is 10.1 Å². The molecule has 0 spiro atoms. The van der Waals surface area contributed by atoms with Crippen LogP contribution in [0.2, 0.25) is 0 Å². The minimum atomic E-state index is -0.568. The highest BCUT2D eigenvalue weighted by molar-refractivity contribution is 5.93. The van der Waals surface area contributed by atoms with E-state index in [9.17, 15) is 4.79 Å². The lowest BCUT2D eigenvalue weighted by molar-refractivity contribution is -0.140. The van der Waals surface area contributed by atoms with Crippen molar-refractivity contribution in [2.24, 2.45) is 10.9 Å². The van der Waals surface area contributed by atoms with E-state index < -0.39 is 5.97 Å². The van der Waals surface area contributed by atoms with Crippen molar-refractivity contribution in [2.75, 3.05) is 0 Å². The van der Waals surface area contributed by atoms with E-state index in [2.05, 4.69) is 24.7 Å². The number of hydrogen-bond donors (Lipinski definition) is 1. The summed E-state index contributed by atoms with van der Waals surface area (Å²) in [5.41, 5.74) is 5.28. The number of nitrogens with zero attached hydrogens (tertiary/aromatic N) is 3. The zero-order valence-electron chi connectivity index (χ0n) is 6.22. The van der Waals surface area contributed by atoms with E-state index in [-0.39, 0.29) is 11.7 Å². The molecule has 0 fully saturated rings. The number of rotatable bonds is 2. The average Bonchev–Trinajstić information content (AvgIpc) is 2.51. The van der Waals surface area contributed by atoms with Crippen molar-refractivity contribution >= 4 is 11.8 Å². The highest BCUT2D eigenvalue weighted by Crippen LogP contribution is 1.88. The van der Waals surface area contributed by atoms with Crippen molar-refractivity contribution in [3.8, 4) is 0 Å². The largest absolute Gasteiger partial charge is 0.378 e. The zero-order chi connectivity index (χ0) is 8.97. The lowest BCUT2D eigenvalue weighted by atomic mass is 10.6. The van der Waals surface area contributed by atoms with Gasteiger partial charge in [-0.05, 0) is 0 Å². The smallest absolute Gasteiger partial charge is 0.332 e. The topological polar surface area (TPSA) is 104 Å². The van der Waals surface area contributed by atoms with Crippen LogP contribution < -0.4 is 5.73 Å². The quantitative estimate of drug-likeness (QED) is 0.271. The van der Waals surface area contributed by atoms with E-state index in [1.54, 1.807) is 0 Å². The van der Waals surface area contributed by atoms with Crippen molar-refractivity contribution < 1.29 is 14.2 Å². The molecule has 1 rings (SSSR count). The fourth-order valence-electron chi connectivity index (χ4n) is 0.438. The summed E-state index contributed by atoms with van der Waals surface area (Å²) >= 11 is 0. The summed E-state index contributed by atoms with van der Waals surface area (Å²) in [5, 5.41) is 6.59. The second-order valence-corrected chi connectivity index (χ2v) is 1.81. The lowest BCUT2D eigenvalue weighted by Gasteiger charge is -1.91.